The fourth-order valence-electron chi connectivity index (χ4n) is 1.15. The maximum Gasteiger partial charge on any atom is 0.0556 e. The van der Waals surface area contributed by atoms with Crippen LogP contribution in [-0.2, 0) is 6.54 Å². The number of hydrogen-bond acceptors (Lipinski definition) is 2. The van der Waals surface area contributed by atoms with Gasteiger partial charge in [-0.05, 0) is 18.1 Å². The van der Waals surface area contributed by atoms with E-state index in [4.69, 9.17) is 5.11 Å². The van der Waals surface area contributed by atoms with E-state index < -0.39 is 0 Å². The summed E-state index contributed by atoms with van der Waals surface area (Å²) in [5.74, 6) is 0. The molecule has 2 nitrogen and oxygen atoms in total. The van der Waals surface area contributed by atoms with E-state index in [1.54, 1.807) is 0 Å². The minimum Gasteiger partial charge on any atom is -0.395 e. The molecule has 1 aromatic rings. The average molecular weight is 244 g/mol. The van der Waals surface area contributed by atoms with Gasteiger partial charge in [0.2, 0.25) is 0 Å². The van der Waals surface area contributed by atoms with E-state index >= 15 is 0 Å². The molecule has 0 amide bonds. The van der Waals surface area contributed by atoms with Crippen molar-refractivity contribution in [3.05, 3.63) is 33.8 Å². The molecule has 0 saturated heterocycles. The number of rotatable bonds is 4. The summed E-state index contributed by atoms with van der Waals surface area (Å²) in [5.41, 5.74) is 2.47. The van der Waals surface area contributed by atoms with Crippen LogP contribution in [-0.4, -0.2) is 18.3 Å². The van der Waals surface area contributed by atoms with E-state index in [0.29, 0.717) is 6.54 Å². The summed E-state index contributed by atoms with van der Waals surface area (Å²) >= 11 is 3.53. The minimum absolute atomic E-state index is 0.184. The molecule has 13 heavy (non-hydrogen) atoms. The van der Waals surface area contributed by atoms with Crippen LogP contribution < -0.4 is 5.32 Å². The molecule has 0 atom stereocenters. The second-order valence-corrected chi connectivity index (χ2v) is 3.74. The predicted octanol–water partition coefficient (Wildman–Crippen LogP) is 1.84. The molecule has 0 saturated carbocycles. The Kier molecular flexibility index (Phi) is 4.42. The van der Waals surface area contributed by atoms with Crippen molar-refractivity contribution in [2.45, 2.75) is 13.5 Å². The van der Waals surface area contributed by atoms with Gasteiger partial charge in [-0.25, -0.2) is 0 Å². The van der Waals surface area contributed by atoms with Gasteiger partial charge in [0.15, 0.2) is 0 Å². The zero-order chi connectivity index (χ0) is 9.68. The summed E-state index contributed by atoms with van der Waals surface area (Å²) in [6.45, 7) is 3.69. The zero-order valence-electron chi connectivity index (χ0n) is 7.68. The van der Waals surface area contributed by atoms with Crippen LogP contribution in [0.4, 0.5) is 0 Å². The van der Waals surface area contributed by atoms with Crippen molar-refractivity contribution in [3.63, 3.8) is 0 Å². The molecule has 72 valence electrons. The number of aliphatic hydroxyl groups excluding tert-OH is 1. The Balaban J connectivity index is 2.61. The summed E-state index contributed by atoms with van der Waals surface area (Å²) in [4.78, 5) is 0. The van der Waals surface area contributed by atoms with Crippen LogP contribution in [0.3, 0.4) is 0 Å². The lowest BCUT2D eigenvalue weighted by Crippen LogP contribution is -2.17. The molecule has 0 bridgehead atoms. The number of benzene rings is 1. The van der Waals surface area contributed by atoms with Crippen molar-refractivity contribution in [2.24, 2.45) is 0 Å². The summed E-state index contributed by atoms with van der Waals surface area (Å²) in [7, 11) is 0. The SMILES string of the molecule is Cc1cccc(CNCCO)c1Br. The molecule has 1 rings (SSSR count). The maximum atomic E-state index is 8.59. The quantitative estimate of drug-likeness (QED) is 0.792. The smallest absolute Gasteiger partial charge is 0.0556 e. The number of nitrogens with one attached hydrogen (secondary N) is 1. The number of aliphatic hydroxyl groups is 1. The molecule has 0 fully saturated rings. The molecule has 1 aromatic carbocycles. The lowest BCUT2D eigenvalue weighted by atomic mass is 10.1. The van der Waals surface area contributed by atoms with Crippen LogP contribution in [0, 0.1) is 6.92 Å². The third-order valence-corrected chi connectivity index (χ3v) is 3.01. The monoisotopic (exact) mass is 243 g/mol. The van der Waals surface area contributed by atoms with Crippen LogP contribution in [0.15, 0.2) is 22.7 Å². The summed E-state index contributed by atoms with van der Waals surface area (Å²) in [6, 6.07) is 6.18. The molecule has 2 N–H and O–H groups in total. The number of aryl methyl sites for hydroxylation is 1. The van der Waals surface area contributed by atoms with E-state index in [1.807, 2.05) is 6.07 Å². The van der Waals surface area contributed by atoms with E-state index in [1.165, 1.54) is 11.1 Å². The Morgan fingerprint density at radius 2 is 2.23 bits per heavy atom. The van der Waals surface area contributed by atoms with Crippen molar-refractivity contribution in [2.75, 3.05) is 13.2 Å². The van der Waals surface area contributed by atoms with E-state index in [-0.39, 0.29) is 6.61 Å². The first-order valence-electron chi connectivity index (χ1n) is 4.31. The zero-order valence-corrected chi connectivity index (χ0v) is 9.26. The van der Waals surface area contributed by atoms with Gasteiger partial charge in [-0.1, -0.05) is 34.1 Å². The van der Waals surface area contributed by atoms with Gasteiger partial charge in [-0.2, -0.15) is 0 Å². The van der Waals surface area contributed by atoms with Gasteiger partial charge in [0.05, 0.1) is 6.61 Å². The highest BCUT2D eigenvalue weighted by Crippen LogP contribution is 2.20. The van der Waals surface area contributed by atoms with Gasteiger partial charge in [0.25, 0.3) is 0 Å². The van der Waals surface area contributed by atoms with Gasteiger partial charge in [0, 0.05) is 17.6 Å². The van der Waals surface area contributed by atoms with Crippen LogP contribution in [0.1, 0.15) is 11.1 Å². The van der Waals surface area contributed by atoms with Crippen LogP contribution in [0.5, 0.6) is 0 Å². The van der Waals surface area contributed by atoms with E-state index in [9.17, 15) is 0 Å². The Morgan fingerprint density at radius 3 is 2.92 bits per heavy atom. The molecule has 0 spiro atoms. The standard InChI is InChI=1S/C10H14BrNO/c1-8-3-2-4-9(10(8)11)7-12-5-6-13/h2-4,12-13H,5-7H2,1H3. The van der Waals surface area contributed by atoms with Gasteiger partial charge in [-0.15, -0.1) is 0 Å². The summed E-state index contributed by atoms with van der Waals surface area (Å²) in [5, 5.41) is 11.7. The van der Waals surface area contributed by atoms with Gasteiger partial charge >= 0.3 is 0 Å². The Labute approximate surface area is 87.1 Å². The van der Waals surface area contributed by atoms with Gasteiger partial charge in [0.1, 0.15) is 0 Å². The van der Waals surface area contributed by atoms with Crippen molar-refractivity contribution >= 4 is 15.9 Å². The summed E-state index contributed by atoms with van der Waals surface area (Å²) < 4.78 is 1.15. The highest BCUT2D eigenvalue weighted by Gasteiger charge is 2.00. The van der Waals surface area contributed by atoms with Crippen molar-refractivity contribution in [1.29, 1.82) is 0 Å². The molecule has 3 heteroatoms. The lowest BCUT2D eigenvalue weighted by molar-refractivity contribution is 0.292. The normalized spacial score (nSPS) is 10.4. The van der Waals surface area contributed by atoms with Crippen molar-refractivity contribution in [1.82, 2.24) is 5.32 Å². The molecule has 0 aromatic heterocycles. The third-order valence-electron chi connectivity index (χ3n) is 1.88. The first kappa shape index (κ1) is 10.7. The molecule has 0 aliphatic rings. The van der Waals surface area contributed by atoms with Crippen LogP contribution in [0.2, 0.25) is 0 Å². The molecule has 0 aliphatic carbocycles. The lowest BCUT2D eigenvalue weighted by Gasteiger charge is -2.07. The third kappa shape index (κ3) is 3.10. The highest BCUT2D eigenvalue weighted by atomic mass is 79.9. The fraction of sp³-hybridized carbons (Fsp3) is 0.400. The minimum atomic E-state index is 0.184. The highest BCUT2D eigenvalue weighted by molar-refractivity contribution is 9.10. The Morgan fingerprint density at radius 1 is 1.46 bits per heavy atom. The van der Waals surface area contributed by atoms with Crippen LogP contribution in [0.25, 0.3) is 0 Å². The topological polar surface area (TPSA) is 32.3 Å². The Bertz CT molecular complexity index is 276. The largest absolute Gasteiger partial charge is 0.395 e. The van der Waals surface area contributed by atoms with Gasteiger partial charge < -0.3 is 10.4 Å². The Hall–Kier alpha value is -0.380. The van der Waals surface area contributed by atoms with Crippen molar-refractivity contribution in [3.8, 4) is 0 Å². The average Bonchev–Trinajstić information content (AvgIpc) is 2.13. The second-order valence-electron chi connectivity index (χ2n) is 2.95. The second kappa shape index (κ2) is 5.37. The molecular formula is C10H14BrNO. The molecule has 0 unspecified atom stereocenters. The first-order chi connectivity index (χ1) is 6.25. The molecule has 0 heterocycles. The first-order valence-corrected chi connectivity index (χ1v) is 5.10. The molecule has 0 aliphatic heterocycles. The molecular weight excluding hydrogens is 230 g/mol. The van der Waals surface area contributed by atoms with E-state index in [0.717, 1.165) is 11.0 Å². The number of hydrogen-bond donors (Lipinski definition) is 2. The van der Waals surface area contributed by atoms with Crippen LogP contribution >= 0.6 is 15.9 Å². The number of halogens is 1. The molecule has 0 radical (unpaired) electrons. The predicted molar refractivity (Wildman–Crippen MR) is 57.7 cm³/mol. The maximum absolute atomic E-state index is 8.59. The summed E-state index contributed by atoms with van der Waals surface area (Å²) in [6.07, 6.45) is 0. The van der Waals surface area contributed by atoms with E-state index in [2.05, 4.69) is 40.3 Å². The van der Waals surface area contributed by atoms with Crippen molar-refractivity contribution < 1.29 is 5.11 Å². The van der Waals surface area contributed by atoms with Gasteiger partial charge in [-0.3, -0.25) is 0 Å². The fourth-order valence-corrected chi connectivity index (χ4v) is 1.55.